The summed E-state index contributed by atoms with van der Waals surface area (Å²) < 4.78 is 2.46. The molecular weight excluding hydrogens is 510 g/mol. The maximum absolute atomic E-state index is 5.26. The Bertz CT molecular complexity index is 2160. The molecule has 0 amide bonds. The normalized spacial score (nSPS) is 16.9. The van der Waals surface area contributed by atoms with E-state index in [2.05, 4.69) is 161 Å². The van der Waals surface area contributed by atoms with Crippen LogP contribution >= 0.6 is 0 Å². The number of fused-ring (bicyclic) bond motifs is 8. The Morgan fingerprint density at radius 3 is 2.19 bits per heavy atom. The van der Waals surface area contributed by atoms with Crippen molar-refractivity contribution in [2.45, 2.75) is 12.0 Å². The molecule has 5 aromatic carbocycles. The monoisotopic (exact) mass is 537 g/mol. The number of hydrogen-bond donors (Lipinski definition) is 0. The highest BCUT2D eigenvalue weighted by Gasteiger charge is 2.44. The van der Waals surface area contributed by atoms with Crippen LogP contribution in [-0.2, 0) is 0 Å². The van der Waals surface area contributed by atoms with Gasteiger partial charge < -0.3 is 9.47 Å². The van der Waals surface area contributed by atoms with Crippen molar-refractivity contribution in [3.8, 4) is 16.8 Å². The van der Waals surface area contributed by atoms with Gasteiger partial charge in [0.05, 0.1) is 28.3 Å². The maximum Gasteiger partial charge on any atom is 0.0968 e. The van der Waals surface area contributed by atoms with Crippen LogP contribution in [0.3, 0.4) is 0 Å². The lowest BCUT2D eigenvalue weighted by Crippen LogP contribution is -2.26. The largest absolute Gasteiger partial charge is 0.331 e. The summed E-state index contributed by atoms with van der Waals surface area (Å²) in [5.41, 5.74) is 13.1. The van der Waals surface area contributed by atoms with Crippen molar-refractivity contribution in [3.05, 3.63) is 162 Å². The molecule has 9 rings (SSSR count). The van der Waals surface area contributed by atoms with E-state index in [0.29, 0.717) is 0 Å². The Kier molecular flexibility index (Phi) is 5.02. The Morgan fingerprint density at radius 1 is 0.595 bits per heavy atom. The van der Waals surface area contributed by atoms with E-state index in [9.17, 15) is 0 Å². The highest BCUT2D eigenvalue weighted by molar-refractivity contribution is 5.99. The van der Waals surface area contributed by atoms with Gasteiger partial charge in [-0.05, 0) is 59.2 Å². The molecule has 0 spiro atoms. The molecular formula is C39H27N3. The first kappa shape index (κ1) is 23.3. The number of anilines is 2. The molecule has 3 heterocycles. The summed E-state index contributed by atoms with van der Waals surface area (Å²) in [6.07, 6.45) is 4.72. The number of para-hydroxylation sites is 3. The maximum atomic E-state index is 5.26. The predicted molar refractivity (Wildman–Crippen MR) is 174 cm³/mol. The highest BCUT2D eigenvalue weighted by atomic mass is 15.2. The first-order valence-electron chi connectivity index (χ1n) is 14.6. The van der Waals surface area contributed by atoms with E-state index >= 15 is 0 Å². The molecule has 198 valence electrons. The quantitative estimate of drug-likeness (QED) is 0.224. The summed E-state index contributed by atoms with van der Waals surface area (Å²) in [4.78, 5) is 7.82. The number of pyridine rings is 1. The lowest BCUT2D eigenvalue weighted by Gasteiger charge is -2.33. The van der Waals surface area contributed by atoms with Crippen LogP contribution < -0.4 is 4.90 Å². The number of hydrogen-bond acceptors (Lipinski definition) is 2. The fraction of sp³-hybridized carbons (Fsp3) is 0.0513. The van der Waals surface area contributed by atoms with Gasteiger partial charge in [0, 0.05) is 33.9 Å². The highest BCUT2D eigenvalue weighted by Crippen LogP contribution is 2.57. The van der Waals surface area contributed by atoms with Crippen LogP contribution in [0, 0.1) is 0 Å². The molecule has 2 unspecified atom stereocenters. The van der Waals surface area contributed by atoms with E-state index in [1.54, 1.807) is 0 Å². The van der Waals surface area contributed by atoms with Crippen molar-refractivity contribution in [3.63, 3.8) is 0 Å². The first-order chi connectivity index (χ1) is 20.8. The average molecular weight is 538 g/mol. The summed E-state index contributed by atoms with van der Waals surface area (Å²) in [5, 5.41) is 1.15. The number of nitrogens with zero attached hydrogens (tertiary/aromatic N) is 3. The zero-order valence-corrected chi connectivity index (χ0v) is 22.9. The van der Waals surface area contributed by atoms with E-state index < -0.39 is 0 Å². The molecule has 7 aromatic rings. The van der Waals surface area contributed by atoms with E-state index in [4.69, 9.17) is 4.98 Å². The Labute approximate surface area is 244 Å². The molecule has 0 radical (unpaired) electrons. The van der Waals surface area contributed by atoms with Crippen molar-refractivity contribution < 1.29 is 0 Å². The Hall–Kier alpha value is -5.41. The molecule has 1 aliphatic carbocycles. The van der Waals surface area contributed by atoms with Gasteiger partial charge in [0.1, 0.15) is 0 Å². The van der Waals surface area contributed by atoms with Crippen LogP contribution in [0.2, 0.25) is 0 Å². The molecule has 0 N–H and O–H groups in total. The molecule has 0 saturated carbocycles. The molecule has 3 heteroatoms. The second-order valence-corrected chi connectivity index (χ2v) is 11.2. The van der Waals surface area contributed by atoms with Crippen LogP contribution in [0.15, 0.2) is 146 Å². The van der Waals surface area contributed by atoms with Gasteiger partial charge in [-0.25, -0.2) is 4.98 Å². The van der Waals surface area contributed by atoms with Gasteiger partial charge in [-0.3, -0.25) is 0 Å². The summed E-state index contributed by atoms with van der Waals surface area (Å²) in [5.74, 6) is 0.218. The first-order valence-corrected chi connectivity index (χ1v) is 14.6. The van der Waals surface area contributed by atoms with Gasteiger partial charge >= 0.3 is 0 Å². The molecule has 1 aliphatic heterocycles. The zero-order chi connectivity index (χ0) is 27.6. The SMILES string of the molecule is C1=CC2c3ccccc3N(c3cccc(-c4ccccc4)c3)C2c2c1c1nc3ccccc3cc1n2-c1ccccc1. The summed E-state index contributed by atoms with van der Waals surface area (Å²) in [6.45, 7) is 0. The van der Waals surface area contributed by atoms with Crippen molar-refractivity contribution in [1.29, 1.82) is 0 Å². The lowest BCUT2D eigenvalue weighted by molar-refractivity contribution is 0.636. The average Bonchev–Trinajstić information content (AvgIpc) is 3.57. The summed E-state index contributed by atoms with van der Waals surface area (Å²) in [7, 11) is 0. The van der Waals surface area contributed by atoms with Crippen molar-refractivity contribution in [2.75, 3.05) is 4.90 Å². The number of rotatable bonds is 3. The minimum atomic E-state index is 0.0749. The van der Waals surface area contributed by atoms with Crippen LogP contribution in [0.1, 0.15) is 28.8 Å². The minimum Gasteiger partial charge on any atom is -0.331 e. The van der Waals surface area contributed by atoms with Gasteiger partial charge in [0.25, 0.3) is 0 Å². The van der Waals surface area contributed by atoms with Crippen LogP contribution in [0.5, 0.6) is 0 Å². The fourth-order valence-corrected chi connectivity index (χ4v) is 7.09. The third-order valence-electron chi connectivity index (χ3n) is 8.89. The van der Waals surface area contributed by atoms with Gasteiger partial charge in [-0.2, -0.15) is 0 Å². The van der Waals surface area contributed by atoms with Gasteiger partial charge in [-0.1, -0.05) is 109 Å². The third kappa shape index (κ3) is 3.37. The molecule has 2 aromatic heterocycles. The molecule has 0 bridgehead atoms. The number of benzene rings is 5. The molecule has 0 saturated heterocycles. The molecule has 0 fully saturated rings. The predicted octanol–water partition coefficient (Wildman–Crippen LogP) is 9.85. The molecule has 42 heavy (non-hydrogen) atoms. The number of aromatic nitrogens is 2. The molecule has 3 nitrogen and oxygen atoms in total. The fourth-order valence-electron chi connectivity index (χ4n) is 7.09. The Balaban J connectivity index is 1.34. The van der Waals surface area contributed by atoms with Crippen molar-refractivity contribution in [1.82, 2.24) is 9.55 Å². The van der Waals surface area contributed by atoms with Gasteiger partial charge in [0.2, 0.25) is 0 Å². The standard InChI is InChI=1S/C39H27N3/c1-3-12-26(13-4-1)27-15-11-18-30(24-27)42-35-21-10-8-19-31(35)32-22-23-33-37-36(25-28-14-7-9-20-34(28)40-37)41(39(33)38(32)42)29-16-5-2-6-17-29/h1-25,32,38H. The topological polar surface area (TPSA) is 21.1 Å². The van der Waals surface area contributed by atoms with Crippen LogP contribution in [0.4, 0.5) is 11.4 Å². The summed E-state index contributed by atoms with van der Waals surface area (Å²) >= 11 is 0. The molecule has 2 atom stereocenters. The van der Waals surface area contributed by atoms with Crippen molar-refractivity contribution in [2.24, 2.45) is 0 Å². The van der Waals surface area contributed by atoms with E-state index in [1.807, 2.05) is 0 Å². The van der Waals surface area contributed by atoms with E-state index in [0.717, 1.165) is 27.6 Å². The van der Waals surface area contributed by atoms with E-state index in [1.165, 1.54) is 39.3 Å². The van der Waals surface area contributed by atoms with Gasteiger partial charge in [0.15, 0.2) is 0 Å². The zero-order valence-electron chi connectivity index (χ0n) is 22.9. The smallest absolute Gasteiger partial charge is 0.0968 e. The lowest BCUT2D eigenvalue weighted by atomic mass is 9.86. The molecule has 2 aliphatic rings. The minimum absolute atomic E-state index is 0.0749. The van der Waals surface area contributed by atoms with Crippen LogP contribution in [0.25, 0.3) is 44.8 Å². The van der Waals surface area contributed by atoms with Crippen molar-refractivity contribution >= 4 is 39.4 Å². The third-order valence-corrected chi connectivity index (χ3v) is 8.89. The second-order valence-electron chi connectivity index (χ2n) is 11.2. The van der Waals surface area contributed by atoms with Gasteiger partial charge in [-0.15, -0.1) is 0 Å². The second kappa shape index (κ2) is 9.05. The van der Waals surface area contributed by atoms with E-state index in [-0.39, 0.29) is 12.0 Å². The summed E-state index contributed by atoms with van der Waals surface area (Å²) in [6, 6.07) is 50.2. The Morgan fingerprint density at radius 2 is 1.31 bits per heavy atom. The van der Waals surface area contributed by atoms with Crippen LogP contribution in [-0.4, -0.2) is 9.55 Å².